The van der Waals surface area contributed by atoms with Crippen LogP contribution >= 0.6 is 23.2 Å². The van der Waals surface area contributed by atoms with Crippen molar-refractivity contribution in [1.82, 2.24) is 4.90 Å². The highest BCUT2D eigenvalue weighted by molar-refractivity contribution is 7.86. The normalized spacial score (nSPS) is 11.2. The smallest absolute Gasteiger partial charge is 0.322 e. The number of halogens is 2. The van der Waals surface area contributed by atoms with Crippen LogP contribution in [0.15, 0.2) is 65.3 Å². The molecule has 0 atom stereocenters. The number of nitrogens with one attached hydrogen (secondary N) is 1. The van der Waals surface area contributed by atoms with Crippen LogP contribution in [0.3, 0.4) is 0 Å². The lowest BCUT2D eigenvalue weighted by atomic mass is 10.2. The van der Waals surface area contributed by atoms with E-state index in [-0.39, 0.29) is 18.8 Å². The summed E-state index contributed by atoms with van der Waals surface area (Å²) < 4.78 is 33.0. The predicted molar refractivity (Wildman–Crippen MR) is 115 cm³/mol. The molecule has 3 rings (SSSR count). The molecule has 158 valence electrons. The van der Waals surface area contributed by atoms with E-state index in [9.17, 15) is 13.2 Å². The lowest BCUT2D eigenvalue weighted by molar-refractivity contribution is 0.201. The average molecular weight is 469 g/mol. The SMILES string of the molecule is CS(=O)(=O)Oc1cccc(CN(Cc2ccco2)C(=O)Nc2ccc(Cl)c(Cl)c2)c1. The number of furan rings is 1. The van der Waals surface area contributed by atoms with Crippen molar-refractivity contribution in [3.8, 4) is 5.75 Å². The van der Waals surface area contributed by atoms with Crippen LogP contribution in [-0.4, -0.2) is 25.6 Å². The molecule has 0 bridgehead atoms. The highest BCUT2D eigenvalue weighted by Crippen LogP contribution is 2.25. The van der Waals surface area contributed by atoms with E-state index in [2.05, 4.69) is 5.32 Å². The zero-order valence-corrected chi connectivity index (χ0v) is 18.2. The van der Waals surface area contributed by atoms with Gasteiger partial charge in [-0.1, -0.05) is 35.3 Å². The summed E-state index contributed by atoms with van der Waals surface area (Å²) in [6.45, 7) is 0.367. The van der Waals surface area contributed by atoms with Crippen molar-refractivity contribution in [2.75, 3.05) is 11.6 Å². The van der Waals surface area contributed by atoms with Crippen molar-refractivity contribution in [2.24, 2.45) is 0 Å². The lowest BCUT2D eigenvalue weighted by Gasteiger charge is -2.22. The van der Waals surface area contributed by atoms with E-state index in [0.717, 1.165) is 6.26 Å². The summed E-state index contributed by atoms with van der Waals surface area (Å²) in [4.78, 5) is 14.4. The van der Waals surface area contributed by atoms with Gasteiger partial charge in [-0.15, -0.1) is 0 Å². The molecule has 2 amide bonds. The van der Waals surface area contributed by atoms with Gasteiger partial charge < -0.3 is 18.8 Å². The molecule has 0 radical (unpaired) electrons. The maximum absolute atomic E-state index is 12.9. The van der Waals surface area contributed by atoms with E-state index < -0.39 is 16.1 Å². The van der Waals surface area contributed by atoms with Gasteiger partial charge in [0, 0.05) is 12.2 Å². The fourth-order valence-electron chi connectivity index (χ4n) is 2.66. The Morgan fingerprint density at radius 2 is 1.87 bits per heavy atom. The quantitative estimate of drug-likeness (QED) is 0.483. The van der Waals surface area contributed by atoms with E-state index in [1.807, 2.05) is 0 Å². The molecule has 7 nitrogen and oxygen atoms in total. The van der Waals surface area contributed by atoms with Gasteiger partial charge >= 0.3 is 16.1 Å². The van der Waals surface area contributed by atoms with Crippen molar-refractivity contribution in [3.05, 3.63) is 82.2 Å². The summed E-state index contributed by atoms with van der Waals surface area (Å²) in [5.74, 6) is 0.751. The summed E-state index contributed by atoms with van der Waals surface area (Å²) >= 11 is 11.9. The number of carbonyl (C=O) groups is 1. The number of hydrogen-bond donors (Lipinski definition) is 1. The highest BCUT2D eigenvalue weighted by Gasteiger charge is 2.17. The van der Waals surface area contributed by atoms with Crippen molar-refractivity contribution in [3.63, 3.8) is 0 Å². The number of amides is 2. The Morgan fingerprint density at radius 1 is 1.07 bits per heavy atom. The Kier molecular flexibility index (Phi) is 6.91. The molecule has 0 aliphatic heterocycles. The third-order valence-electron chi connectivity index (χ3n) is 3.90. The van der Waals surface area contributed by atoms with E-state index >= 15 is 0 Å². The molecule has 0 aliphatic carbocycles. The van der Waals surface area contributed by atoms with Gasteiger partial charge in [-0.2, -0.15) is 8.42 Å². The molecule has 0 spiro atoms. The van der Waals surface area contributed by atoms with Crippen LogP contribution in [0.4, 0.5) is 10.5 Å². The lowest BCUT2D eigenvalue weighted by Crippen LogP contribution is -2.34. The van der Waals surface area contributed by atoms with Gasteiger partial charge in [0.05, 0.1) is 29.1 Å². The largest absolute Gasteiger partial charge is 0.467 e. The summed E-state index contributed by atoms with van der Waals surface area (Å²) in [7, 11) is -3.66. The number of carbonyl (C=O) groups excluding carboxylic acids is 1. The summed E-state index contributed by atoms with van der Waals surface area (Å²) in [6, 6.07) is 14.3. The van der Waals surface area contributed by atoms with Gasteiger partial charge in [0.25, 0.3) is 0 Å². The van der Waals surface area contributed by atoms with Gasteiger partial charge in [0.2, 0.25) is 0 Å². The fraction of sp³-hybridized carbons (Fsp3) is 0.150. The molecular formula is C20H18Cl2N2O5S. The molecule has 1 N–H and O–H groups in total. The highest BCUT2D eigenvalue weighted by atomic mass is 35.5. The summed E-state index contributed by atoms with van der Waals surface area (Å²) in [6.07, 6.45) is 2.48. The topological polar surface area (TPSA) is 88.9 Å². The molecule has 10 heteroatoms. The van der Waals surface area contributed by atoms with Crippen LogP contribution in [0.1, 0.15) is 11.3 Å². The van der Waals surface area contributed by atoms with E-state index in [1.54, 1.807) is 48.5 Å². The molecule has 0 saturated heterocycles. The van der Waals surface area contributed by atoms with Crippen LogP contribution < -0.4 is 9.50 Å². The second kappa shape index (κ2) is 9.42. The summed E-state index contributed by atoms with van der Waals surface area (Å²) in [5.41, 5.74) is 1.15. The van der Waals surface area contributed by atoms with Crippen molar-refractivity contribution >= 4 is 45.0 Å². The van der Waals surface area contributed by atoms with Crippen LogP contribution in [0.2, 0.25) is 10.0 Å². The van der Waals surface area contributed by atoms with Crippen LogP contribution in [-0.2, 0) is 23.2 Å². The minimum Gasteiger partial charge on any atom is -0.467 e. The van der Waals surface area contributed by atoms with Crippen molar-refractivity contribution < 1.29 is 21.8 Å². The van der Waals surface area contributed by atoms with E-state index in [4.69, 9.17) is 31.8 Å². The standard InChI is InChI=1S/C20H18Cl2N2O5S/c1-30(26,27)29-16-5-2-4-14(10-16)12-24(13-17-6-3-9-28-17)20(25)23-15-7-8-18(21)19(22)11-15/h2-11H,12-13H2,1H3,(H,23,25). The molecule has 0 fully saturated rings. The Labute approximate surface area is 184 Å². The average Bonchev–Trinajstić information content (AvgIpc) is 3.16. The predicted octanol–water partition coefficient (Wildman–Crippen LogP) is 5.16. The van der Waals surface area contributed by atoms with Crippen molar-refractivity contribution in [2.45, 2.75) is 13.1 Å². The van der Waals surface area contributed by atoms with Gasteiger partial charge in [-0.3, -0.25) is 0 Å². The minimum absolute atomic E-state index is 0.165. The molecular weight excluding hydrogens is 451 g/mol. The van der Waals surface area contributed by atoms with Crippen LogP contribution in [0.25, 0.3) is 0 Å². The third-order valence-corrected chi connectivity index (χ3v) is 5.14. The maximum Gasteiger partial charge on any atom is 0.322 e. The minimum atomic E-state index is -3.66. The van der Waals surface area contributed by atoms with Gasteiger partial charge in [0.15, 0.2) is 0 Å². The first-order valence-electron chi connectivity index (χ1n) is 8.71. The molecule has 0 unspecified atom stereocenters. The fourth-order valence-corrected chi connectivity index (χ4v) is 3.41. The Balaban J connectivity index is 1.81. The number of hydrogen-bond acceptors (Lipinski definition) is 5. The van der Waals surface area contributed by atoms with Gasteiger partial charge in [0.1, 0.15) is 11.5 Å². The number of rotatable bonds is 7. The maximum atomic E-state index is 12.9. The van der Waals surface area contributed by atoms with Crippen LogP contribution in [0.5, 0.6) is 5.75 Å². The molecule has 0 aliphatic rings. The Morgan fingerprint density at radius 3 is 2.53 bits per heavy atom. The molecule has 1 aromatic heterocycles. The van der Waals surface area contributed by atoms with E-state index in [1.165, 1.54) is 17.2 Å². The zero-order chi connectivity index (χ0) is 21.7. The number of nitrogens with zero attached hydrogens (tertiary/aromatic N) is 1. The number of benzene rings is 2. The zero-order valence-electron chi connectivity index (χ0n) is 15.8. The van der Waals surface area contributed by atoms with Gasteiger partial charge in [-0.05, 0) is 48.0 Å². The first-order valence-corrected chi connectivity index (χ1v) is 11.3. The molecule has 0 saturated carbocycles. The first-order chi connectivity index (χ1) is 14.2. The molecule has 3 aromatic rings. The Bertz CT molecular complexity index is 1130. The van der Waals surface area contributed by atoms with E-state index in [0.29, 0.717) is 27.1 Å². The third kappa shape index (κ3) is 6.41. The Hall–Kier alpha value is -2.68. The second-order valence-corrected chi connectivity index (χ2v) is 8.82. The molecule has 2 aromatic carbocycles. The van der Waals surface area contributed by atoms with Gasteiger partial charge in [-0.25, -0.2) is 4.79 Å². The molecule has 1 heterocycles. The summed E-state index contributed by atoms with van der Waals surface area (Å²) in [5, 5.41) is 3.47. The number of anilines is 1. The first kappa shape index (κ1) is 22.0. The number of urea groups is 1. The second-order valence-electron chi connectivity index (χ2n) is 6.43. The molecule has 30 heavy (non-hydrogen) atoms. The monoisotopic (exact) mass is 468 g/mol. The van der Waals surface area contributed by atoms with Crippen molar-refractivity contribution in [1.29, 1.82) is 0 Å². The van der Waals surface area contributed by atoms with Crippen LogP contribution in [0, 0.1) is 0 Å².